The summed E-state index contributed by atoms with van der Waals surface area (Å²) in [5, 5.41) is 0. The maximum Gasteiger partial charge on any atom is 0.249 e. The van der Waals surface area contributed by atoms with E-state index in [2.05, 4.69) is 9.97 Å². The van der Waals surface area contributed by atoms with Crippen LogP contribution in [0.3, 0.4) is 0 Å². The molecule has 0 saturated heterocycles. The van der Waals surface area contributed by atoms with Gasteiger partial charge in [-0.2, -0.15) is 0 Å². The topological polar surface area (TPSA) is 68.9 Å². The van der Waals surface area contributed by atoms with E-state index in [1.54, 1.807) is 12.1 Å². The van der Waals surface area contributed by atoms with Crippen LogP contribution in [0.25, 0.3) is 11.3 Å². The van der Waals surface area contributed by atoms with E-state index in [4.69, 9.17) is 5.73 Å². The second kappa shape index (κ2) is 4.56. The molecule has 0 aliphatic heterocycles. The molecule has 1 amide bonds. The summed E-state index contributed by atoms with van der Waals surface area (Å²) < 4.78 is 0. The molecule has 18 heavy (non-hydrogen) atoms. The van der Waals surface area contributed by atoms with Crippen molar-refractivity contribution in [2.24, 2.45) is 5.73 Å². The van der Waals surface area contributed by atoms with Crippen LogP contribution in [0.2, 0.25) is 0 Å². The largest absolute Gasteiger partial charge is 0.366 e. The van der Waals surface area contributed by atoms with Crippen molar-refractivity contribution in [3.63, 3.8) is 0 Å². The van der Waals surface area contributed by atoms with Crippen molar-refractivity contribution in [2.75, 3.05) is 0 Å². The lowest BCUT2D eigenvalue weighted by molar-refractivity contribution is 0.100. The molecule has 0 bridgehead atoms. The van der Waals surface area contributed by atoms with Crippen LogP contribution in [0.4, 0.5) is 0 Å². The van der Waals surface area contributed by atoms with Crippen LogP contribution in [0, 0.1) is 20.8 Å². The number of aromatic nitrogens is 2. The maximum atomic E-state index is 11.5. The molecule has 0 saturated carbocycles. The summed E-state index contributed by atoms with van der Waals surface area (Å²) in [6.07, 6.45) is 0. The average molecular weight is 241 g/mol. The van der Waals surface area contributed by atoms with Gasteiger partial charge in [0.15, 0.2) is 0 Å². The van der Waals surface area contributed by atoms with E-state index in [1.807, 2.05) is 32.9 Å². The number of amides is 1. The maximum absolute atomic E-state index is 11.5. The third kappa shape index (κ3) is 2.09. The molecule has 0 atom stereocenters. The minimum atomic E-state index is -0.445. The summed E-state index contributed by atoms with van der Waals surface area (Å²) in [6.45, 7) is 5.71. The molecule has 0 spiro atoms. The SMILES string of the molecule is Cc1nc(C)c(C)c(-c2ccccc2C(N)=O)n1. The third-order valence-corrected chi connectivity index (χ3v) is 2.95. The fourth-order valence-electron chi connectivity index (χ4n) is 1.94. The average Bonchev–Trinajstić information content (AvgIpc) is 2.33. The Balaban J connectivity index is 2.73. The van der Waals surface area contributed by atoms with Crippen molar-refractivity contribution in [1.29, 1.82) is 0 Å². The molecule has 2 N–H and O–H groups in total. The highest BCUT2D eigenvalue weighted by Gasteiger charge is 2.14. The van der Waals surface area contributed by atoms with E-state index in [1.165, 1.54) is 0 Å². The quantitative estimate of drug-likeness (QED) is 0.876. The number of carbonyl (C=O) groups excluding carboxylic acids is 1. The Morgan fingerprint density at radius 2 is 1.78 bits per heavy atom. The molecule has 2 rings (SSSR count). The van der Waals surface area contributed by atoms with E-state index >= 15 is 0 Å². The molecule has 0 unspecified atom stereocenters. The lowest BCUT2D eigenvalue weighted by Crippen LogP contribution is -2.13. The number of benzene rings is 1. The van der Waals surface area contributed by atoms with Crippen LogP contribution in [-0.4, -0.2) is 15.9 Å². The van der Waals surface area contributed by atoms with E-state index < -0.39 is 5.91 Å². The van der Waals surface area contributed by atoms with E-state index in [0.29, 0.717) is 11.4 Å². The minimum Gasteiger partial charge on any atom is -0.366 e. The van der Waals surface area contributed by atoms with Crippen LogP contribution in [0.15, 0.2) is 24.3 Å². The van der Waals surface area contributed by atoms with Crippen LogP contribution in [0.1, 0.15) is 27.4 Å². The number of hydrogen-bond acceptors (Lipinski definition) is 3. The predicted molar refractivity (Wildman–Crippen MR) is 70.2 cm³/mol. The highest BCUT2D eigenvalue weighted by Crippen LogP contribution is 2.26. The molecular formula is C14H15N3O. The van der Waals surface area contributed by atoms with Crippen LogP contribution in [0.5, 0.6) is 0 Å². The smallest absolute Gasteiger partial charge is 0.249 e. The van der Waals surface area contributed by atoms with Gasteiger partial charge in [-0.3, -0.25) is 4.79 Å². The first-order chi connectivity index (χ1) is 8.50. The third-order valence-electron chi connectivity index (χ3n) is 2.95. The van der Waals surface area contributed by atoms with Crippen molar-refractivity contribution in [3.8, 4) is 11.3 Å². The standard InChI is InChI=1S/C14H15N3O/c1-8-9(2)16-10(3)17-13(8)11-6-4-5-7-12(11)14(15)18/h4-7H,1-3H3,(H2,15,18). The first-order valence-corrected chi connectivity index (χ1v) is 5.71. The molecule has 0 radical (unpaired) electrons. The van der Waals surface area contributed by atoms with Crippen LogP contribution >= 0.6 is 0 Å². The Labute approximate surface area is 106 Å². The van der Waals surface area contributed by atoms with Gasteiger partial charge in [0.2, 0.25) is 5.91 Å². The van der Waals surface area contributed by atoms with Gasteiger partial charge in [0.05, 0.1) is 5.69 Å². The van der Waals surface area contributed by atoms with Gasteiger partial charge < -0.3 is 5.73 Å². The summed E-state index contributed by atoms with van der Waals surface area (Å²) in [5.74, 6) is 0.242. The van der Waals surface area contributed by atoms with E-state index in [9.17, 15) is 4.79 Å². The van der Waals surface area contributed by atoms with Crippen molar-refractivity contribution >= 4 is 5.91 Å². The van der Waals surface area contributed by atoms with Gasteiger partial charge >= 0.3 is 0 Å². The summed E-state index contributed by atoms with van der Waals surface area (Å²) in [6, 6.07) is 7.23. The lowest BCUT2D eigenvalue weighted by Gasteiger charge is -2.11. The molecule has 4 nitrogen and oxygen atoms in total. The van der Waals surface area contributed by atoms with Gasteiger partial charge in [0, 0.05) is 16.8 Å². The van der Waals surface area contributed by atoms with Crippen molar-refractivity contribution in [2.45, 2.75) is 20.8 Å². The van der Waals surface area contributed by atoms with Crippen LogP contribution < -0.4 is 5.73 Å². The highest BCUT2D eigenvalue weighted by atomic mass is 16.1. The number of nitrogens with zero attached hydrogens (tertiary/aromatic N) is 2. The van der Waals surface area contributed by atoms with Crippen molar-refractivity contribution in [1.82, 2.24) is 9.97 Å². The van der Waals surface area contributed by atoms with Gasteiger partial charge in [-0.05, 0) is 32.4 Å². The van der Waals surface area contributed by atoms with Crippen molar-refractivity contribution < 1.29 is 4.79 Å². The number of nitrogens with two attached hydrogens (primary N) is 1. The molecule has 0 fully saturated rings. The van der Waals surface area contributed by atoms with Gasteiger partial charge in [-0.15, -0.1) is 0 Å². The first-order valence-electron chi connectivity index (χ1n) is 5.71. The molecule has 1 aromatic heterocycles. The Kier molecular flexibility index (Phi) is 3.10. The normalized spacial score (nSPS) is 10.4. The number of hydrogen-bond donors (Lipinski definition) is 1. The summed E-state index contributed by atoms with van der Waals surface area (Å²) in [4.78, 5) is 20.2. The second-order valence-electron chi connectivity index (χ2n) is 4.24. The second-order valence-corrected chi connectivity index (χ2v) is 4.24. The first kappa shape index (κ1) is 12.2. The minimum absolute atomic E-state index is 0.445. The summed E-state index contributed by atoms with van der Waals surface area (Å²) >= 11 is 0. The molecule has 0 aliphatic rings. The summed E-state index contributed by atoms with van der Waals surface area (Å²) in [7, 11) is 0. The van der Waals surface area contributed by atoms with Gasteiger partial charge in [0.1, 0.15) is 5.82 Å². The van der Waals surface area contributed by atoms with Gasteiger partial charge in [0.25, 0.3) is 0 Å². The van der Waals surface area contributed by atoms with Crippen LogP contribution in [-0.2, 0) is 0 Å². The zero-order valence-corrected chi connectivity index (χ0v) is 10.7. The number of carbonyl (C=O) groups is 1. The predicted octanol–water partition coefficient (Wildman–Crippen LogP) is 2.17. The Bertz CT molecular complexity index is 620. The molecular weight excluding hydrogens is 226 g/mol. The molecule has 4 heteroatoms. The molecule has 1 heterocycles. The molecule has 1 aromatic carbocycles. The monoisotopic (exact) mass is 241 g/mol. The van der Waals surface area contributed by atoms with E-state index in [-0.39, 0.29) is 0 Å². The van der Waals surface area contributed by atoms with E-state index in [0.717, 1.165) is 22.5 Å². The Hall–Kier alpha value is -2.23. The number of aryl methyl sites for hydroxylation is 2. The molecule has 0 aliphatic carbocycles. The van der Waals surface area contributed by atoms with Gasteiger partial charge in [-0.25, -0.2) is 9.97 Å². The number of rotatable bonds is 2. The highest BCUT2D eigenvalue weighted by molar-refractivity contribution is 5.99. The Morgan fingerprint density at radius 3 is 2.44 bits per heavy atom. The fourth-order valence-corrected chi connectivity index (χ4v) is 1.94. The zero-order valence-electron chi connectivity index (χ0n) is 10.7. The number of primary amides is 1. The zero-order chi connectivity index (χ0) is 13.3. The van der Waals surface area contributed by atoms with Gasteiger partial charge in [-0.1, -0.05) is 18.2 Å². The van der Waals surface area contributed by atoms with Crippen molar-refractivity contribution in [3.05, 3.63) is 46.9 Å². The molecule has 92 valence electrons. The summed E-state index contributed by atoms with van der Waals surface area (Å²) in [5.41, 5.74) is 9.29. The fraction of sp³-hybridized carbons (Fsp3) is 0.214. The molecule has 2 aromatic rings. The Morgan fingerprint density at radius 1 is 1.11 bits per heavy atom. The lowest BCUT2D eigenvalue weighted by atomic mass is 10.00.